The smallest absolute Gasteiger partial charge is 0.141 e. The number of rotatable bonds is 4. The van der Waals surface area contributed by atoms with Gasteiger partial charge in [0, 0.05) is 29.7 Å². The fraction of sp³-hybridized carbons (Fsp3) is 0.125. The molecule has 4 heterocycles. The lowest BCUT2D eigenvalue weighted by Gasteiger charge is -2.20. The van der Waals surface area contributed by atoms with Crippen molar-refractivity contribution in [3.8, 4) is 11.1 Å². The molecular formula is C24H20N4O. The van der Waals surface area contributed by atoms with Crippen molar-refractivity contribution in [3.05, 3.63) is 102 Å². The Morgan fingerprint density at radius 2 is 1.76 bits per heavy atom. The summed E-state index contributed by atoms with van der Waals surface area (Å²) in [6.07, 6.45) is 5.81. The van der Waals surface area contributed by atoms with Crippen molar-refractivity contribution in [2.24, 2.45) is 0 Å². The van der Waals surface area contributed by atoms with E-state index in [0.29, 0.717) is 0 Å². The lowest BCUT2D eigenvalue weighted by atomic mass is 10.0. The van der Waals surface area contributed by atoms with Crippen LogP contribution in [0.25, 0.3) is 22.2 Å². The molecule has 1 aromatic carbocycles. The molecule has 0 aliphatic heterocycles. The number of fused-ring (bicyclic) bond motifs is 1. The maximum atomic E-state index is 5.36. The summed E-state index contributed by atoms with van der Waals surface area (Å²) in [5, 5.41) is 4.09. The largest absolute Gasteiger partial charge is 0.361 e. The highest BCUT2D eigenvalue weighted by atomic mass is 16.5. The molecule has 5 heteroatoms. The van der Waals surface area contributed by atoms with Crippen molar-refractivity contribution in [2.45, 2.75) is 19.9 Å². The van der Waals surface area contributed by atoms with E-state index in [1.807, 2.05) is 50.5 Å². The zero-order chi connectivity index (χ0) is 19.8. The van der Waals surface area contributed by atoms with E-state index < -0.39 is 0 Å². The zero-order valence-corrected chi connectivity index (χ0v) is 16.3. The lowest BCUT2D eigenvalue weighted by Crippen LogP contribution is -2.12. The summed E-state index contributed by atoms with van der Waals surface area (Å²) in [4.78, 5) is 9.35. The number of hydrogen-bond acceptors (Lipinski definition) is 4. The van der Waals surface area contributed by atoms with Gasteiger partial charge in [-0.2, -0.15) is 0 Å². The molecule has 0 saturated heterocycles. The molecule has 0 spiro atoms. The second-order valence-electron chi connectivity index (χ2n) is 7.12. The number of hydrogen-bond donors (Lipinski definition) is 0. The molecule has 5 rings (SSSR count). The molecule has 5 aromatic rings. The van der Waals surface area contributed by atoms with Gasteiger partial charge in [-0.15, -0.1) is 0 Å². The fourth-order valence-electron chi connectivity index (χ4n) is 3.93. The molecule has 0 bridgehead atoms. The summed E-state index contributed by atoms with van der Waals surface area (Å²) in [7, 11) is 0. The van der Waals surface area contributed by atoms with Crippen molar-refractivity contribution in [1.82, 2.24) is 19.7 Å². The lowest BCUT2D eigenvalue weighted by molar-refractivity contribution is 0.393. The number of aromatic nitrogens is 4. The molecule has 142 valence electrons. The molecule has 0 aliphatic carbocycles. The summed E-state index contributed by atoms with van der Waals surface area (Å²) in [5.41, 5.74) is 7.01. The summed E-state index contributed by atoms with van der Waals surface area (Å²) < 4.78 is 7.60. The first-order valence-electron chi connectivity index (χ1n) is 9.58. The van der Waals surface area contributed by atoms with E-state index in [2.05, 4.69) is 57.3 Å². The molecule has 0 amide bonds. The Balaban J connectivity index is 1.73. The minimum atomic E-state index is -0.0448. The number of benzene rings is 1. The summed E-state index contributed by atoms with van der Waals surface area (Å²) >= 11 is 0. The van der Waals surface area contributed by atoms with Gasteiger partial charge in [-0.3, -0.25) is 9.97 Å². The van der Waals surface area contributed by atoms with Crippen LogP contribution in [0.15, 0.2) is 83.8 Å². The highest BCUT2D eigenvalue weighted by Crippen LogP contribution is 2.33. The van der Waals surface area contributed by atoms with Gasteiger partial charge >= 0.3 is 0 Å². The molecule has 0 aliphatic rings. The van der Waals surface area contributed by atoms with Gasteiger partial charge in [0.05, 0.1) is 22.4 Å². The van der Waals surface area contributed by atoms with Crippen molar-refractivity contribution in [1.29, 1.82) is 0 Å². The molecule has 1 atom stereocenters. The van der Waals surface area contributed by atoms with E-state index in [0.717, 1.165) is 39.3 Å². The van der Waals surface area contributed by atoms with Gasteiger partial charge in [-0.05, 0) is 43.7 Å². The maximum absolute atomic E-state index is 5.36. The molecule has 0 fully saturated rings. The van der Waals surface area contributed by atoms with Crippen molar-refractivity contribution < 1.29 is 4.52 Å². The van der Waals surface area contributed by atoms with E-state index in [9.17, 15) is 0 Å². The van der Waals surface area contributed by atoms with Crippen LogP contribution in [-0.4, -0.2) is 19.7 Å². The normalized spacial score (nSPS) is 12.3. The molecular weight excluding hydrogens is 360 g/mol. The maximum Gasteiger partial charge on any atom is 0.141 e. The quantitative estimate of drug-likeness (QED) is 0.422. The minimum absolute atomic E-state index is 0.0448. The highest BCUT2D eigenvalue weighted by molar-refractivity contribution is 5.82. The van der Waals surface area contributed by atoms with E-state index in [1.165, 1.54) is 5.56 Å². The van der Waals surface area contributed by atoms with Crippen LogP contribution >= 0.6 is 0 Å². The molecule has 0 saturated carbocycles. The Labute approximate surface area is 168 Å². The van der Waals surface area contributed by atoms with Crippen LogP contribution in [0.4, 0.5) is 0 Å². The van der Waals surface area contributed by atoms with Crippen molar-refractivity contribution >= 4 is 11.0 Å². The Bertz CT molecular complexity index is 1210. The number of nitrogens with zero attached hydrogens (tertiary/aromatic N) is 4. The average Bonchev–Trinajstić information content (AvgIpc) is 3.32. The third-order valence-corrected chi connectivity index (χ3v) is 5.25. The van der Waals surface area contributed by atoms with Gasteiger partial charge in [0.25, 0.3) is 0 Å². The summed E-state index contributed by atoms with van der Waals surface area (Å²) in [6, 6.07) is 20.6. The first-order valence-corrected chi connectivity index (χ1v) is 9.58. The van der Waals surface area contributed by atoms with Gasteiger partial charge in [0.15, 0.2) is 0 Å². The third kappa shape index (κ3) is 3.01. The van der Waals surface area contributed by atoms with Crippen LogP contribution < -0.4 is 0 Å². The minimum Gasteiger partial charge on any atom is -0.361 e. The molecule has 0 radical (unpaired) electrons. The molecule has 29 heavy (non-hydrogen) atoms. The van der Waals surface area contributed by atoms with Crippen LogP contribution in [0.3, 0.4) is 0 Å². The van der Waals surface area contributed by atoms with Crippen LogP contribution in [0, 0.1) is 13.8 Å². The van der Waals surface area contributed by atoms with E-state index in [1.54, 1.807) is 0 Å². The van der Waals surface area contributed by atoms with Crippen molar-refractivity contribution in [3.63, 3.8) is 0 Å². The second kappa shape index (κ2) is 7.02. The van der Waals surface area contributed by atoms with Gasteiger partial charge in [-0.25, -0.2) is 0 Å². The van der Waals surface area contributed by atoms with Gasteiger partial charge < -0.3 is 9.09 Å². The topological polar surface area (TPSA) is 56.7 Å². The first kappa shape index (κ1) is 17.4. The van der Waals surface area contributed by atoms with Crippen LogP contribution in [0.2, 0.25) is 0 Å². The van der Waals surface area contributed by atoms with Crippen molar-refractivity contribution in [2.75, 3.05) is 0 Å². The van der Waals surface area contributed by atoms with Gasteiger partial charge in [-0.1, -0.05) is 41.6 Å². The Morgan fingerprint density at radius 3 is 2.48 bits per heavy atom. The summed E-state index contributed by atoms with van der Waals surface area (Å²) in [5.74, 6) is 0.797. The summed E-state index contributed by atoms with van der Waals surface area (Å²) in [6.45, 7) is 3.88. The monoisotopic (exact) mass is 380 g/mol. The van der Waals surface area contributed by atoms with Crippen LogP contribution in [0.5, 0.6) is 0 Å². The van der Waals surface area contributed by atoms with Crippen LogP contribution in [-0.2, 0) is 0 Å². The van der Waals surface area contributed by atoms with E-state index in [4.69, 9.17) is 9.51 Å². The predicted octanol–water partition coefficient (Wildman–Crippen LogP) is 5.34. The average molecular weight is 380 g/mol. The standard InChI is InChI=1S/C24H20N4O/c1-16-23(17(2)29-27-16)19-14-22-20(26-15-19)11-13-28(22)24(18-8-4-3-5-9-18)21-10-6-7-12-25-21/h3-15,24H,1-2H3. The zero-order valence-electron chi connectivity index (χ0n) is 16.3. The fourth-order valence-corrected chi connectivity index (χ4v) is 3.93. The van der Waals surface area contributed by atoms with E-state index >= 15 is 0 Å². The third-order valence-electron chi connectivity index (χ3n) is 5.25. The van der Waals surface area contributed by atoms with Gasteiger partial charge in [0.2, 0.25) is 0 Å². The molecule has 0 N–H and O–H groups in total. The van der Waals surface area contributed by atoms with Crippen LogP contribution in [0.1, 0.15) is 28.8 Å². The molecule has 4 aromatic heterocycles. The Morgan fingerprint density at radius 1 is 0.931 bits per heavy atom. The predicted molar refractivity (Wildman–Crippen MR) is 113 cm³/mol. The number of pyridine rings is 2. The number of aryl methyl sites for hydroxylation is 2. The first-order chi connectivity index (χ1) is 14.2. The highest BCUT2D eigenvalue weighted by Gasteiger charge is 2.20. The van der Waals surface area contributed by atoms with Gasteiger partial charge in [0.1, 0.15) is 11.8 Å². The Kier molecular flexibility index (Phi) is 4.21. The Hall–Kier alpha value is -3.73. The SMILES string of the molecule is Cc1noc(C)c1-c1cnc2ccn(C(c3ccccc3)c3ccccn3)c2c1. The second-order valence-corrected chi connectivity index (χ2v) is 7.12. The molecule has 1 unspecified atom stereocenters. The molecule has 5 nitrogen and oxygen atoms in total. The van der Waals surface area contributed by atoms with E-state index in [-0.39, 0.29) is 6.04 Å².